The molecule has 0 saturated carbocycles. The fraction of sp³-hybridized carbons (Fsp3) is 0.364. The molecule has 1 aliphatic carbocycles. The molecule has 1 N–H and O–H groups in total. The molecule has 1 aliphatic rings. The Balaban J connectivity index is 2.00. The maximum atomic E-state index is 13.1. The molecule has 3 aromatic heterocycles. The topological polar surface area (TPSA) is 80.9 Å². The molecule has 144 valence electrons. The summed E-state index contributed by atoms with van der Waals surface area (Å²) < 4.78 is 1.48. The molecule has 0 fully saturated rings. The van der Waals surface area contributed by atoms with Crippen LogP contribution in [0.25, 0.3) is 27.9 Å². The summed E-state index contributed by atoms with van der Waals surface area (Å²) in [6.07, 6.45) is 9.77. The molecule has 0 radical (unpaired) electrons. The first-order chi connectivity index (χ1) is 13.6. The van der Waals surface area contributed by atoms with E-state index in [1.807, 2.05) is 19.1 Å². The van der Waals surface area contributed by atoms with E-state index in [9.17, 15) is 9.90 Å². The third-order valence-electron chi connectivity index (χ3n) is 5.28. The Kier molecular flexibility index (Phi) is 5.05. The zero-order chi connectivity index (χ0) is 19.7. The van der Waals surface area contributed by atoms with Crippen LogP contribution in [-0.2, 0) is 0 Å². The lowest BCUT2D eigenvalue weighted by atomic mass is 9.95. The summed E-state index contributed by atoms with van der Waals surface area (Å²) in [5, 5.41) is 9.99. The minimum atomic E-state index is -0.337. The minimum absolute atomic E-state index is 0.122. The first kappa shape index (κ1) is 18.5. The van der Waals surface area contributed by atoms with Crippen LogP contribution in [0.4, 0.5) is 0 Å². The summed E-state index contributed by atoms with van der Waals surface area (Å²) in [6, 6.07) is 5.35. The van der Waals surface area contributed by atoms with Crippen LogP contribution in [0.1, 0.15) is 49.9 Å². The van der Waals surface area contributed by atoms with Gasteiger partial charge in [-0.05, 0) is 62.8 Å². The number of nitrogens with zero attached hydrogens (tertiary/aromatic N) is 4. The standard InChI is InChI=1S/C22H24N4O2/c1-14-8-9-18(23-11-14)19-10-17-21(20(25-19)16-6-4-3-5-7-16)24-13-26(22(17)28)15(2)12-27/h6,8-11,13,15,27H,3-5,7,12H2,1-2H3/t15-/m0/s1. The van der Waals surface area contributed by atoms with Crippen molar-refractivity contribution < 1.29 is 5.11 Å². The van der Waals surface area contributed by atoms with Gasteiger partial charge in [-0.2, -0.15) is 0 Å². The largest absolute Gasteiger partial charge is 0.394 e. The fourth-order valence-electron chi connectivity index (χ4n) is 3.57. The number of rotatable bonds is 4. The number of aliphatic hydroxyl groups is 1. The molecule has 0 spiro atoms. The van der Waals surface area contributed by atoms with Crippen LogP contribution in [0, 0.1) is 6.92 Å². The van der Waals surface area contributed by atoms with Gasteiger partial charge in [0.05, 0.1) is 41.4 Å². The van der Waals surface area contributed by atoms with Crippen molar-refractivity contribution in [2.45, 2.75) is 45.6 Å². The van der Waals surface area contributed by atoms with Crippen LogP contribution in [0.5, 0.6) is 0 Å². The lowest BCUT2D eigenvalue weighted by molar-refractivity contribution is 0.236. The molecule has 28 heavy (non-hydrogen) atoms. The number of allylic oxidation sites excluding steroid dienone is 2. The SMILES string of the molecule is Cc1ccc(-c2cc3c(=O)n([C@@H](C)CO)cnc3c(C3=CCCCC3)n2)nc1. The van der Waals surface area contributed by atoms with E-state index in [0.717, 1.165) is 41.8 Å². The van der Waals surface area contributed by atoms with E-state index < -0.39 is 0 Å². The van der Waals surface area contributed by atoms with E-state index in [0.29, 0.717) is 16.6 Å². The quantitative estimate of drug-likeness (QED) is 0.751. The average molecular weight is 376 g/mol. The van der Waals surface area contributed by atoms with Gasteiger partial charge in [0, 0.05) is 6.20 Å². The van der Waals surface area contributed by atoms with E-state index in [4.69, 9.17) is 4.98 Å². The zero-order valence-electron chi connectivity index (χ0n) is 16.2. The first-order valence-electron chi connectivity index (χ1n) is 9.73. The molecule has 0 aliphatic heterocycles. The molecule has 3 aromatic rings. The highest BCUT2D eigenvalue weighted by Gasteiger charge is 2.19. The van der Waals surface area contributed by atoms with Gasteiger partial charge in [-0.1, -0.05) is 12.1 Å². The summed E-state index contributed by atoms with van der Waals surface area (Å²) in [5.41, 5.74) is 4.84. The number of aliphatic hydroxyl groups excluding tert-OH is 1. The molecule has 1 atom stereocenters. The second kappa shape index (κ2) is 7.64. The highest BCUT2D eigenvalue weighted by Crippen LogP contribution is 2.31. The van der Waals surface area contributed by atoms with Crippen LogP contribution in [0.2, 0.25) is 0 Å². The van der Waals surface area contributed by atoms with Gasteiger partial charge >= 0.3 is 0 Å². The maximum Gasteiger partial charge on any atom is 0.261 e. The molecule has 0 amide bonds. The molecule has 3 heterocycles. The third-order valence-corrected chi connectivity index (χ3v) is 5.28. The lowest BCUT2D eigenvalue weighted by Crippen LogP contribution is -2.26. The fourth-order valence-corrected chi connectivity index (χ4v) is 3.57. The molecule has 0 bridgehead atoms. The number of pyridine rings is 2. The molecule has 0 unspecified atom stereocenters. The van der Waals surface area contributed by atoms with Crippen molar-refractivity contribution in [2.24, 2.45) is 0 Å². The first-order valence-corrected chi connectivity index (χ1v) is 9.73. The Labute approximate surface area is 163 Å². The summed E-state index contributed by atoms with van der Waals surface area (Å²) >= 11 is 0. The van der Waals surface area contributed by atoms with E-state index in [-0.39, 0.29) is 18.2 Å². The number of hydrogen-bond donors (Lipinski definition) is 1. The molecule has 4 rings (SSSR count). The molecule has 0 aromatic carbocycles. The highest BCUT2D eigenvalue weighted by molar-refractivity contribution is 5.91. The zero-order valence-corrected chi connectivity index (χ0v) is 16.2. The molecule has 6 nitrogen and oxygen atoms in total. The summed E-state index contributed by atoms with van der Waals surface area (Å²) in [5.74, 6) is 0. The van der Waals surface area contributed by atoms with Gasteiger partial charge in [0.2, 0.25) is 0 Å². The number of aromatic nitrogens is 4. The lowest BCUT2D eigenvalue weighted by Gasteiger charge is -2.17. The Hall–Kier alpha value is -2.86. The van der Waals surface area contributed by atoms with E-state index in [1.165, 1.54) is 17.3 Å². The van der Waals surface area contributed by atoms with E-state index in [2.05, 4.69) is 16.0 Å². The van der Waals surface area contributed by atoms with Crippen LogP contribution in [0.15, 0.2) is 41.6 Å². The summed E-state index contributed by atoms with van der Waals surface area (Å²) in [4.78, 5) is 27.1. The molecular weight excluding hydrogens is 352 g/mol. The van der Waals surface area contributed by atoms with Crippen molar-refractivity contribution in [3.63, 3.8) is 0 Å². The minimum Gasteiger partial charge on any atom is -0.394 e. The van der Waals surface area contributed by atoms with E-state index in [1.54, 1.807) is 19.2 Å². The smallest absolute Gasteiger partial charge is 0.261 e. The Morgan fingerprint density at radius 2 is 2.07 bits per heavy atom. The highest BCUT2D eigenvalue weighted by atomic mass is 16.3. The second-order valence-electron chi connectivity index (χ2n) is 7.44. The van der Waals surface area contributed by atoms with E-state index >= 15 is 0 Å². The normalized spacial score (nSPS) is 15.5. The van der Waals surface area contributed by atoms with Crippen molar-refractivity contribution in [3.8, 4) is 11.4 Å². The van der Waals surface area contributed by atoms with Crippen molar-refractivity contribution in [1.82, 2.24) is 19.5 Å². The Morgan fingerprint density at radius 1 is 1.21 bits per heavy atom. The van der Waals surface area contributed by atoms with Gasteiger partial charge in [-0.3, -0.25) is 14.3 Å². The van der Waals surface area contributed by atoms with Crippen LogP contribution >= 0.6 is 0 Å². The van der Waals surface area contributed by atoms with Crippen LogP contribution in [0.3, 0.4) is 0 Å². The Morgan fingerprint density at radius 3 is 2.75 bits per heavy atom. The van der Waals surface area contributed by atoms with Gasteiger partial charge in [-0.15, -0.1) is 0 Å². The molecular formula is C22H24N4O2. The van der Waals surface area contributed by atoms with Crippen molar-refractivity contribution in [3.05, 3.63) is 58.4 Å². The van der Waals surface area contributed by atoms with Crippen molar-refractivity contribution >= 4 is 16.5 Å². The van der Waals surface area contributed by atoms with Crippen molar-refractivity contribution in [1.29, 1.82) is 0 Å². The van der Waals surface area contributed by atoms with Crippen LogP contribution < -0.4 is 5.56 Å². The van der Waals surface area contributed by atoms with Gasteiger partial charge in [0.25, 0.3) is 5.56 Å². The number of fused-ring (bicyclic) bond motifs is 1. The average Bonchev–Trinajstić information content (AvgIpc) is 2.74. The maximum absolute atomic E-state index is 13.1. The van der Waals surface area contributed by atoms with Gasteiger partial charge in [-0.25, -0.2) is 9.97 Å². The molecule has 0 saturated heterocycles. The predicted molar refractivity (Wildman–Crippen MR) is 110 cm³/mol. The second-order valence-corrected chi connectivity index (χ2v) is 7.44. The number of hydrogen-bond acceptors (Lipinski definition) is 5. The summed E-state index contributed by atoms with van der Waals surface area (Å²) in [7, 11) is 0. The monoisotopic (exact) mass is 376 g/mol. The Bertz CT molecular complexity index is 1100. The van der Waals surface area contributed by atoms with Gasteiger partial charge < -0.3 is 5.11 Å². The van der Waals surface area contributed by atoms with Crippen LogP contribution in [-0.4, -0.2) is 31.2 Å². The van der Waals surface area contributed by atoms with Gasteiger partial charge in [0.15, 0.2) is 0 Å². The third kappa shape index (κ3) is 3.36. The predicted octanol–water partition coefficient (Wildman–Crippen LogP) is 3.67. The van der Waals surface area contributed by atoms with Crippen molar-refractivity contribution in [2.75, 3.05) is 6.61 Å². The summed E-state index contributed by atoms with van der Waals surface area (Å²) in [6.45, 7) is 3.66. The molecule has 6 heteroatoms. The number of aryl methyl sites for hydroxylation is 1. The van der Waals surface area contributed by atoms with Gasteiger partial charge in [0.1, 0.15) is 5.52 Å².